The monoisotopic (exact) mass is 348 g/mol. The van der Waals surface area contributed by atoms with Crippen LogP contribution in [-0.4, -0.2) is 41.5 Å². The Morgan fingerprint density at radius 2 is 1.16 bits per heavy atom. The number of hydrogen-bond acceptors (Lipinski definition) is 7. The molecule has 0 heterocycles. The van der Waals surface area contributed by atoms with Gasteiger partial charge < -0.3 is 28.4 Å². The van der Waals surface area contributed by atoms with E-state index in [9.17, 15) is 4.79 Å². The molecule has 134 valence electrons. The van der Waals surface area contributed by atoms with Crippen LogP contribution < -0.4 is 28.4 Å². The summed E-state index contributed by atoms with van der Waals surface area (Å²) in [6.07, 6.45) is 0. The van der Waals surface area contributed by atoms with Crippen LogP contribution in [0.4, 0.5) is 0 Å². The third kappa shape index (κ3) is 3.71. The van der Waals surface area contributed by atoms with Crippen LogP contribution in [0.15, 0.2) is 30.3 Å². The van der Waals surface area contributed by atoms with E-state index in [-0.39, 0.29) is 11.3 Å². The molecule has 2 rings (SSSR count). The summed E-state index contributed by atoms with van der Waals surface area (Å²) in [6.45, 7) is 0. The molecule has 0 fully saturated rings. The average Bonchev–Trinajstić information content (AvgIpc) is 2.66. The fourth-order valence-corrected chi connectivity index (χ4v) is 2.27. The Kier molecular flexibility index (Phi) is 5.94. The molecule has 0 saturated heterocycles. The Bertz CT molecular complexity index is 708. The number of benzene rings is 2. The minimum Gasteiger partial charge on any atom is -0.493 e. The molecule has 0 radical (unpaired) electrons. The van der Waals surface area contributed by atoms with E-state index < -0.39 is 5.97 Å². The van der Waals surface area contributed by atoms with Gasteiger partial charge in [-0.2, -0.15) is 0 Å². The van der Waals surface area contributed by atoms with E-state index in [0.29, 0.717) is 28.7 Å². The minimum absolute atomic E-state index is 0.186. The van der Waals surface area contributed by atoms with Gasteiger partial charge in [-0.15, -0.1) is 0 Å². The van der Waals surface area contributed by atoms with Gasteiger partial charge in [0.05, 0.1) is 41.1 Å². The molecule has 0 aliphatic rings. The second-order valence-corrected chi connectivity index (χ2v) is 4.80. The molecule has 2 aromatic carbocycles. The summed E-state index contributed by atoms with van der Waals surface area (Å²) in [5, 5.41) is 0. The quantitative estimate of drug-likeness (QED) is 0.563. The fraction of sp³-hybridized carbons (Fsp3) is 0.278. The van der Waals surface area contributed by atoms with Crippen LogP contribution in [-0.2, 0) is 0 Å². The maximum Gasteiger partial charge on any atom is 0.344 e. The third-order valence-electron chi connectivity index (χ3n) is 3.48. The standard InChI is InChI=1S/C18H20O7/c1-20-12-7-6-8-13(21-2)17(12)25-18(19)11-9-14(22-3)16(24-5)15(10-11)23-4/h6-10H,1-5H3. The largest absolute Gasteiger partial charge is 0.493 e. The summed E-state index contributed by atoms with van der Waals surface area (Å²) in [7, 11) is 7.38. The number of ether oxygens (including phenoxy) is 6. The van der Waals surface area contributed by atoms with Crippen LogP contribution in [0.3, 0.4) is 0 Å². The predicted octanol–water partition coefficient (Wildman–Crippen LogP) is 2.95. The summed E-state index contributed by atoms with van der Waals surface area (Å²) in [5.41, 5.74) is 0.224. The van der Waals surface area contributed by atoms with Crippen LogP contribution in [0.25, 0.3) is 0 Å². The minimum atomic E-state index is -0.623. The first-order valence-electron chi connectivity index (χ1n) is 7.32. The zero-order chi connectivity index (χ0) is 18.4. The van der Waals surface area contributed by atoms with E-state index in [0.717, 1.165) is 0 Å². The zero-order valence-electron chi connectivity index (χ0n) is 14.7. The van der Waals surface area contributed by atoms with Gasteiger partial charge in [-0.25, -0.2) is 4.79 Å². The molecule has 7 heteroatoms. The second kappa shape index (κ2) is 8.14. The lowest BCUT2D eigenvalue weighted by molar-refractivity contribution is 0.0723. The Morgan fingerprint density at radius 3 is 1.56 bits per heavy atom. The van der Waals surface area contributed by atoms with Gasteiger partial charge in [-0.05, 0) is 24.3 Å². The molecule has 0 atom stereocenters. The molecule has 0 N–H and O–H groups in total. The summed E-state index contributed by atoms with van der Waals surface area (Å²) >= 11 is 0. The predicted molar refractivity (Wildman–Crippen MR) is 90.6 cm³/mol. The van der Waals surface area contributed by atoms with E-state index in [1.807, 2.05) is 0 Å². The lowest BCUT2D eigenvalue weighted by Crippen LogP contribution is -2.11. The van der Waals surface area contributed by atoms with Gasteiger partial charge in [0.15, 0.2) is 23.0 Å². The molecular weight excluding hydrogens is 328 g/mol. The maximum atomic E-state index is 12.6. The van der Waals surface area contributed by atoms with Crippen LogP contribution >= 0.6 is 0 Å². The van der Waals surface area contributed by atoms with Crippen LogP contribution in [0.2, 0.25) is 0 Å². The summed E-state index contributed by atoms with van der Waals surface area (Å²) in [5.74, 6) is 1.39. The van der Waals surface area contributed by atoms with Gasteiger partial charge in [-0.3, -0.25) is 0 Å². The highest BCUT2D eigenvalue weighted by molar-refractivity contribution is 5.93. The summed E-state index contributed by atoms with van der Waals surface area (Å²) in [4.78, 5) is 12.6. The van der Waals surface area contributed by atoms with Crippen molar-refractivity contribution in [2.45, 2.75) is 0 Å². The lowest BCUT2D eigenvalue weighted by atomic mass is 10.2. The Labute approximate surface area is 146 Å². The summed E-state index contributed by atoms with van der Waals surface area (Å²) < 4.78 is 31.7. The van der Waals surface area contributed by atoms with E-state index >= 15 is 0 Å². The molecule has 0 aromatic heterocycles. The van der Waals surface area contributed by atoms with Gasteiger partial charge in [0.1, 0.15) is 0 Å². The van der Waals surface area contributed by atoms with Gasteiger partial charge in [0.2, 0.25) is 11.5 Å². The second-order valence-electron chi connectivity index (χ2n) is 4.80. The molecule has 0 saturated carbocycles. The third-order valence-corrected chi connectivity index (χ3v) is 3.48. The van der Waals surface area contributed by atoms with E-state index in [4.69, 9.17) is 28.4 Å². The molecule has 0 spiro atoms. The molecule has 0 aliphatic carbocycles. The number of esters is 1. The van der Waals surface area contributed by atoms with E-state index in [1.165, 1.54) is 47.7 Å². The van der Waals surface area contributed by atoms with E-state index in [2.05, 4.69) is 0 Å². The van der Waals surface area contributed by atoms with Crippen molar-refractivity contribution in [3.63, 3.8) is 0 Å². The van der Waals surface area contributed by atoms with Crippen molar-refractivity contribution in [2.24, 2.45) is 0 Å². The molecule has 0 amide bonds. The first-order chi connectivity index (χ1) is 12.1. The van der Waals surface area contributed by atoms with Crippen LogP contribution in [0.5, 0.6) is 34.5 Å². The molecule has 7 nitrogen and oxygen atoms in total. The molecular formula is C18H20O7. The Balaban J connectivity index is 2.43. The fourth-order valence-electron chi connectivity index (χ4n) is 2.27. The lowest BCUT2D eigenvalue weighted by Gasteiger charge is -2.15. The van der Waals surface area contributed by atoms with Crippen molar-refractivity contribution in [3.05, 3.63) is 35.9 Å². The highest BCUT2D eigenvalue weighted by atomic mass is 16.6. The number of methoxy groups -OCH3 is 5. The van der Waals surface area contributed by atoms with Crippen molar-refractivity contribution in [1.82, 2.24) is 0 Å². The normalized spacial score (nSPS) is 9.96. The van der Waals surface area contributed by atoms with Crippen molar-refractivity contribution in [3.8, 4) is 34.5 Å². The Morgan fingerprint density at radius 1 is 0.680 bits per heavy atom. The highest BCUT2D eigenvalue weighted by Crippen LogP contribution is 2.40. The van der Waals surface area contributed by atoms with Gasteiger partial charge in [-0.1, -0.05) is 6.07 Å². The van der Waals surface area contributed by atoms with E-state index in [1.54, 1.807) is 18.2 Å². The average molecular weight is 348 g/mol. The zero-order valence-corrected chi connectivity index (χ0v) is 14.7. The van der Waals surface area contributed by atoms with Crippen molar-refractivity contribution >= 4 is 5.97 Å². The van der Waals surface area contributed by atoms with Gasteiger partial charge in [0, 0.05) is 0 Å². The molecule has 2 aromatic rings. The molecule has 25 heavy (non-hydrogen) atoms. The van der Waals surface area contributed by atoms with Crippen molar-refractivity contribution in [1.29, 1.82) is 0 Å². The van der Waals surface area contributed by atoms with Crippen LogP contribution in [0, 0.1) is 0 Å². The number of para-hydroxylation sites is 1. The number of carbonyl (C=O) groups excluding carboxylic acids is 1. The number of hydrogen-bond donors (Lipinski definition) is 0. The number of carbonyl (C=O) groups is 1. The summed E-state index contributed by atoms with van der Waals surface area (Å²) in [6, 6.07) is 8.08. The topological polar surface area (TPSA) is 72.5 Å². The van der Waals surface area contributed by atoms with Crippen molar-refractivity contribution < 1.29 is 33.2 Å². The van der Waals surface area contributed by atoms with Crippen LogP contribution in [0.1, 0.15) is 10.4 Å². The SMILES string of the molecule is COc1cc(C(=O)Oc2c(OC)cccc2OC)cc(OC)c1OC. The van der Waals surface area contributed by atoms with Crippen molar-refractivity contribution in [2.75, 3.05) is 35.5 Å². The molecule has 0 aliphatic heterocycles. The number of rotatable bonds is 7. The van der Waals surface area contributed by atoms with Gasteiger partial charge >= 0.3 is 5.97 Å². The van der Waals surface area contributed by atoms with Gasteiger partial charge in [0.25, 0.3) is 0 Å². The first kappa shape index (κ1) is 18.3. The Hall–Kier alpha value is -3.09. The highest BCUT2D eigenvalue weighted by Gasteiger charge is 2.21. The maximum absolute atomic E-state index is 12.6. The smallest absolute Gasteiger partial charge is 0.344 e. The molecule has 0 bridgehead atoms. The molecule has 0 unspecified atom stereocenters. The first-order valence-corrected chi connectivity index (χ1v) is 7.32.